The van der Waals surface area contributed by atoms with Crippen molar-refractivity contribution >= 4 is 17.2 Å². The number of rotatable bonds is 8. The smallest absolute Gasteiger partial charge is 0.145 e. The molecule has 0 aromatic carbocycles. The summed E-state index contributed by atoms with van der Waals surface area (Å²) in [6, 6.07) is 0. The third kappa shape index (κ3) is 4.03. The maximum Gasteiger partial charge on any atom is 0.145 e. The van der Waals surface area contributed by atoms with E-state index in [1.807, 2.05) is 6.92 Å². The Balaban J connectivity index is 2.67. The van der Waals surface area contributed by atoms with E-state index >= 15 is 0 Å². The van der Waals surface area contributed by atoms with Crippen LogP contribution in [0.5, 0.6) is 0 Å². The largest absolute Gasteiger partial charge is 0.388 e. The Morgan fingerprint density at radius 2 is 2.29 bits per heavy atom. The number of aromatic nitrogens is 3. The molecule has 6 nitrogen and oxygen atoms in total. The topological polar surface area (TPSA) is 75.2 Å². The second-order valence-electron chi connectivity index (χ2n) is 3.46. The number of hydrogen-bond donors (Lipinski definition) is 1. The molecule has 1 rings (SSSR count). The minimum absolute atomic E-state index is 0.244. The maximum atomic E-state index is 5.57. The molecule has 1 aromatic heterocycles. The highest BCUT2D eigenvalue weighted by molar-refractivity contribution is 7.80. The molecule has 1 aromatic rings. The lowest BCUT2D eigenvalue weighted by atomic mass is 10.3. The first kappa shape index (κ1) is 14.0. The van der Waals surface area contributed by atoms with Gasteiger partial charge in [0.25, 0.3) is 0 Å². The number of nitrogens with two attached hydrogens (primary N) is 1. The van der Waals surface area contributed by atoms with Crippen LogP contribution < -0.4 is 5.73 Å². The SMILES string of the molecule is CCOCCCn1nnc(C(N)=S)c1COC. The first-order valence-corrected chi connectivity index (χ1v) is 5.90. The Morgan fingerprint density at radius 3 is 2.88 bits per heavy atom. The molecule has 2 N–H and O–H groups in total. The molecule has 0 fully saturated rings. The molecule has 0 unspecified atom stereocenters. The Morgan fingerprint density at radius 1 is 1.53 bits per heavy atom. The van der Waals surface area contributed by atoms with E-state index in [9.17, 15) is 0 Å². The Bertz CT molecular complexity index is 367. The van der Waals surface area contributed by atoms with Gasteiger partial charge in [-0.2, -0.15) is 0 Å². The van der Waals surface area contributed by atoms with Crippen LogP contribution in [-0.4, -0.2) is 40.3 Å². The Kier molecular flexibility index (Phi) is 6.03. The summed E-state index contributed by atoms with van der Waals surface area (Å²) in [6.45, 7) is 4.50. The summed E-state index contributed by atoms with van der Waals surface area (Å²) in [4.78, 5) is 0.244. The van der Waals surface area contributed by atoms with Gasteiger partial charge in [-0.15, -0.1) is 5.10 Å². The maximum absolute atomic E-state index is 5.57. The van der Waals surface area contributed by atoms with Crippen LogP contribution >= 0.6 is 12.2 Å². The van der Waals surface area contributed by atoms with Gasteiger partial charge in [0.05, 0.1) is 12.3 Å². The highest BCUT2D eigenvalue weighted by Gasteiger charge is 2.14. The lowest BCUT2D eigenvalue weighted by Crippen LogP contribution is -2.15. The summed E-state index contributed by atoms with van der Waals surface area (Å²) >= 11 is 4.91. The van der Waals surface area contributed by atoms with E-state index in [1.54, 1.807) is 11.8 Å². The van der Waals surface area contributed by atoms with Crippen molar-refractivity contribution in [1.29, 1.82) is 0 Å². The second-order valence-corrected chi connectivity index (χ2v) is 3.90. The highest BCUT2D eigenvalue weighted by Crippen LogP contribution is 2.07. The van der Waals surface area contributed by atoms with E-state index in [-0.39, 0.29) is 4.99 Å². The average molecular weight is 258 g/mol. The molecule has 0 amide bonds. The molecule has 7 heteroatoms. The van der Waals surface area contributed by atoms with E-state index < -0.39 is 0 Å². The van der Waals surface area contributed by atoms with Gasteiger partial charge in [0, 0.05) is 26.9 Å². The van der Waals surface area contributed by atoms with Crippen molar-refractivity contribution in [2.24, 2.45) is 5.73 Å². The summed E-state index contributed by atoms with van der Waals surface area (Å²) in [7, 11) is 1.61. The van der Waals surface area contributed by atoms with Crippen LogP contribution in [-0.2, 0) is 22.6 Å². The summed E-state index contributed by atoms with van der Waals surface area (Å²) in [5, 5.41) is 7.98. The minimum atomic E-state index is 0.244. The fraction of sp³-hybridized carbons (Fsp3) is 0.700. The molecule has 0 atom stereocenters. The molecule has 0 aliphatic rings. The minimum Gasteiger partial charge on any atom is -0.388 e. The monoisotopic (exact) mass is 258 g/mol. The molecule has 17 heavy (non-hydrogen) atoms. The van der Waals surface area contributed by atoms with Crippen LogP contribution in [0.4, 0.5) is 0 Å². The van der Waals surface area contributed by atoms with Crippen LogP contribution in [0.15, 0.2) is 0 Å². The molecule has 96 valence electrons. The van der Waals surface area contributed by atoms with Crippen molar-refractivity contribution < 1.29 is 9.47 Å². The molecule has 0 radical (unpaired) electrons. The molecule has 0 aliphatic heterocycles. The molecular formula is C10H18N4O2S. The van der Waals surface area contributed by atoms with Crippen LogP contribution in [0.1, 0.15) is 24.7 Å². The van der Waals surface area contributed by atoms with Crippen LogP contribution in [0.2, 0.25) is 0 Å². The number of methoxy groups -OCH3 is 1. The van der Waals surface area contributed by atoms with E-state index in [0.717, 1.165) is 18.7 Å². The van der Waals surface area contributed by atoms with E-state index in [4.69, 9.17) is 27.4 Å². The summed E-state index contributed by atoms with van der Waals surface area (Å²) < 4.78 is 12.1. The Labute approximate surface area is 106 Å². The molecule has 1 heterocycles. The standard InChI is InChI=1S/C10H18N4O2S/c1-3-16-6-4-5-14-8(7-15-2)9(10(11)17)12-13-14/h3-7H2,1-2H3,(H2,11,17). The van der Waals surface area contributed by atoms with Gasteiger partial charge >= 0.3 is 0 Å². The fourth-order valence-corrected chi connectivity index (χ4v) is 1.60. The predicted molar refractivity (Wildman–Crippen MR) is 67.7 cm³/mol. The van der Waals surface area contributed by atoms with Gasteiger partial charge in [0.1, 0.15) is 10.7 Å². The molecule has 0 saturated heterocycles. The highest BCUT2D eigenvalue weighted by atomic mass is 32.1. The quantitative estimate of drug-likeness (QED) is 0.540. The van der Waals surface area contributed by atoms with Gasteiger partial charge in [-0.3, -0.25) is 0 Å². The van der Waals surface area contributed by atoms with Gasteiger partial charge in [0.2, 0.25) is 0 Å². The van der Waals surface area contributed by atoms with Crippen LogP contribution in [0.3, 0.4) is 0 Å². The number of nitrogens with zero attached hydrogens (tertiary/aromatic N) is 3. The molecule has 0 spiro atoms. The van der Waals surface area contributed by atoms with E-state index in [2.05, 4.69) is 10.3 Å². The summed E-state index contributed by atoms with van der Waals surface area (Å²) in [5.41, 5.74) is 6.93. The van der Waals surface area contributed by atoms with Crippen molar-refractivity contribution in [1.82, 2.24) is 15.0 Å². The van der Waals surface area contributed by atoms with Crippen molar-refractivity contribution in [2.75, 3.05) is 20.3 Å². The number of ether oxygens (including phenoxy) is 2. The van der Waals surface area contributed by atoms with Crippen molar-refractivity contribution in [3.05, 3.63) is 11.4 Å². The van der Waals surface area contributed by atoms with Gasteiger partial charge in [-0.1, -0.05) is 17.4 Å². The normalized spacial score (nSPS) is 10.7. The third-order valence-corrected chi connectivity index (χ3v) is 2.41. The third-order valence-electron chi connectivity index (χ3n) is 2.21. The zero-order valence-electron chi connectivity index (χ0n) is 10.2. The first-order chi connectivity index (χ1) is 8.20. The second kappa shape index (κ2) is 7.31. The zero-order chi connectivity index (χ0) is 12.7. The lowest BCUT2D eigenvalue weighted by Gasteiger charge is -2.06. The average Bonchev–Trinajstić information content (AvgIpc) is 2.69. The van der Waals surface area contributed by atoms with Crippen molar-refractivity contribution in [2.45, 2.75) is 26.5 Å². The molecular weight excluding hydrogens is 240 g/mol. The molecule has 0 bridgehead atoms. The van der Waals surface area contributed by atoms with Crippen molar-refractivity contribution in [3.63, 3.8) is 0 Å². The Hall–Kier alpha value is -1.05. The predicted octanol–water partition coefficient (Wildman–Crippen LogP) is 0.485. The van der Waals surface area contributed by atoms with E-state index in [0.29, 0.717) is 25.5 Å². The molecule has 0 aliphatic carbocycles. The number of aryl methyl sites for hydroxylation is 1. The first-order valence-electron chi connectivity index (χ1n) is 5.49. The number of thiocarbonyl (C=S) groups is 1. The number of hydrogen-bond acceptors (Lipinski definition) is 5. The fourth-order valence-electron chi connectivity index (χ4n) is 1.44. The van der Waals surface area contributed by atoms with E-state index in [1.165, 1.54) is 0 Å². The molecule has 0 saturated carbocycles. The zero-order valence-corrected chi connectivity index (χ0v) is 11.0. The lowest BCUT2D eigenvalue weighted by molar-refractivity contribution is 0.138. The van der Waals surface area contributed by atoms with Gasteiger partial charge in [-0.05, 0) is 13.3 Å². The van der Waals surface area contributed by atoms with Crippen LogP contribution in [0.25, 0.3) is 0 Å². The van der Waals surface area contributed by atoms with Gasteiger partial charge in [0.15, 0.2) is 0 Å². The van der Waals surface area contributed by atoms with Crippen molar-refractivity contribution in [3.8, 4) is 0 Å². The van der Waals surface area contributed by atoms with Gasteiger partial charge in [-0.25, -0.2) is 4.68 Å². The van der Waals surface area contributed by atoms with Crippen LogP contribution in [0, 0.1) is 0 Å². The van der Waals surface area contributed by atoms with Gasteiger partial charge < -0.3 is 15.2 Å². The summed E-state index contributed by atoms with van der Waals surface area (Å²) in [5.74, 6) is 0. The summed E-state index contributed by atoms with van der Waals surface area (Å²) in [6.07, 6.45) is 0.866.